The van der Waals surface area contributed by atoms with Crippen molar-refractivity contribution < 1.29 is 19.4 Å². The molecule has 1 unspecified atom stereocenters. The van der Waals surface area contributed by atoms with E-state index in [-0.39, 0.29) is 0 Å². The van der Waals surface area contributed by atoms with Crippen molar-refractivity contribution in [2.24, 2.45) is 0 Å². The minimum atomic E-state index is -0.883. The molecule has 0 amide bonds. The number of nitrogens with zero attached hydrogens (tertiary/aromatic N) is 1. The van der Waals surface area contributed by atoms with Crippen LogP contribution < -0.4 is 9.47 Å². The SMILES string of the molecule is COc1cccc(CC(C(=O)O)c2ccnc(OC)c2)c1. The van der Waals surface area contributed by atoms with E-state index in [0.717, 1.165) is 5.56 Å². The number of carboxylic acids is 1. The zero-order chi connectivity index (χ0) is 15.2. The van der Waals surface area contributed by atoms with Gasteiger partial charge in [0.05, 0.1) is 20.1 Å². The summed E-state index contributed by atoms with van der Waals surface area (Å²) in [5, 5.41) is 9.49. The van der Waals surface area contributed by atoms with E-state index < -0.39 is 11.9 Å². The first-order valence-electron chi connectivity index (χ1n) is 6.49. The predicted octanol–water partition coefficient (Wildman–Crippen LogP) is 2.51. The van der Waals surface area contributed by atoms with Crippen LogP contribution in [0.1, 0.15) is 17.0 Å². The number of hydrogen-bond donors (Lipinski definition) is 1. The monoisotopic (exact) mass is 287 g/mol. The van der Waals surface area contributed by atoms with E-state index in [2.05, 4.69) is 4.98 Å². The fraction of sp³-hybridized carbons (Fsp3) is 0.250. The van der Waals surface area contributed by atoms with Crippen molar-refractivity contribution in [2.45, 2.75) is 12.3 Å². The number of pyridine rings is 1. The van der Waals surface area contributed by atoms with Crippen LogP contribution in [0.3, 0.4) is 0 Å². The normalized spacial score (nSPS) is 11.7. The van der Waals surface area contributed by atoms with E-state index in [0.29, 0.717) is 23.6 Å². The second-order valence-corrected chi connectivity index (χ2v) is 4.58. The Bertz CT molecular complexity index is 627. The zero-order valence-corrected chi connectivity index (χ0v) is 11.9. The van der Waals surface area contributed by atoms with Crippen LogP contribution in [0.5, 0.6) is 11.6 Å². The van der Waals surface area contributed by atoms with Crippen LogP contribution in [-0.4, -0.2) is 30.3 Å². The molecule has 0 aliphatic carbocycles. The number of aliphatic carboxylic acids is 1. The van der Waals surface area contributed by atoms with Gasteiger partial charge in [-0.15, -0.1) is 0 Å². The molecule has 0 bridgehead atoms. The highest BCUT2D eigenvalue weighted by Crippen LogP contribution is 2.25. The van der Waals surface area contributed by atoms with Gasteiger partial charge in [0.15, 0.2) is 0 Å². The lowest BCUT2D eigenvalue weighted by atomic mass is 9.92. The van der Waals surface area contributed by atoms with Gasteiger partial charge in [-0.3, -0.25) is 4.79 Å². The van der Waals surface area contributed by atoms with E-state index in [4.69, 9.17) is 9.47 Å². The Morgan fingerprint density at radius 2 is 2.05 bits per heavy atom. The Balaban J connectivity index is 2.28. The molecular weight excluding hydrogens is 270 g/mol. The molecule has 0 saturated heterocycles. The van der Waals surface area contributed by atoms with E-state index in [1.807, 2.05) is 24.3 Å². The summed E-state index contributed by atoms with van der Waals surface area (Å²) in [6.45, 7) is 0. The van der Waals surface area contributed by atoms with Crippen molar-refractivity contribution >= 4 is 5.97 Å². The quantitative estimate of drug-likeness (QED) is 0.884. The molecule has 0 aliphatic heterocycles. The summed E-state index contributed by atoms with van der Waals surface area (Å²) in [6.07, 6.45) is 1.93. The topological polar surface area (TPSA) is 68.7 Å². The van der Waals surface area contributed by atoms with Gasteiger partial charge in [0.1, 0.15) is 5.75 Å². The summed E-state index contributed by atoms with van der Waals surface area (Å²) in [7, 11) is 3.09. The Labute approximate surface area is 123 Å². The second kappa shape index (κ2) is 6.74. The highest BCUT2D eigenvalue weighted by molar-refractivity contribution is 5.76. The lowest BCUT2D eigenvalue weighted by molar-refractivity contribution is -0.138. The molecular formula is C16H17NO4. The van der Waals surface area contributed by atoms with E-state index in [1.54, 1.807) is 25.4 Å². The Morgan fingerprint density at radius 1 is 1.24 bits per heavy atom. The number of ether oxygens (including phenoxy) is 2. The van der Waals surface area contributed by atoms with Crippen molar-refractivity contribution in [1.82, 2.24) is 4.98 Å². The summed E-state index contributed by atoms with van der Waals surface area (Å²) in [6, 6.07) is 10.8. The first kappa shape index (κ1) is 14.8. The number of aromatic nitrogens is 1. The molecule has 0 radical (unpaired) electrons. The number of methoxy groups -OCH3 is 2. The maximum absolute atomic E-state index is 11.6. The maximum atomic E-state index is 11.6. The number of carbonyl (C=O) groups is 1. The number of hydrogen-bond acceptors (Lipinski definition) is 4. The predicted molar refractivity (Wildman–Crippen MR) is 77.9 cm³/mol. The van der Waals surface area contributed by atoms with Crippen molar-refractivity contribution in [3.63, 3.8) is 0 Å². The molecule has 0 spiro atoms. The summed E-state index contributed by atoms with van der Waals surface area (Å²) >= 11 is 0. The molecule has 2 aromatic rings. The molecule has 0 fully saturated rings. The van der Waals surface area contributed by atoms with Crippen LogP contribution in [0.4, 0.5) is 0 Å². The van der Waals surface area contributed by atoms with Crippen LogP contribution in [0.15, 0.2) is 42.6 Å². The van der Waals surface area contributed by atoms with Gasteiger partial charge >= 0.3 is 5.97 Å². The van der Waals surface area contributed by atoms with Crippen molar-refractivity contribution in [3.8, 4) is 11.6 Å². The fourth-order valence-corrected chi connectivity index (χ4v) is 2.14. The Kier molecular flexibility index (Phi) is 4.77. The lowest BCUT2D eigenvalue weighted by Gasteiger charge is -2.14. The zero-order valence-electron chi connectivity index (χ0n) is 11.9. The molecule has 1 atom stereocenters. The van der Waals surface area contributed by atoms with Gasteiger partial charge in [0, 0.05) is 12.3 Å². The van der Waals surface area contributed by atoms with Crippen molar-refractivity contribution in [1.29, 1.82) is 0 Å². The van der Waals surface area contributed by atoms with Crippen LogP contribution in [0.25, 0.3) is 0 Å². The molecule has 1 aromatic carbocycles. The largest absolute Gasteiger partial charge is 0.497 e. The van der Waals surface area contributed by atoms with Crippen LogP contribution in [0, 0.1) is 0 Å². The number of rotatable bonds is 6. The highest BCUT2D eigenvalue weighted by atomic mass is 16.5. The van der Waals surface area contributed by atoms with E-state index in [1.165, 1.54) is 7.11 Å². The molecule has 1 aromatic heterocycles. The first-order chi connectivity index (χ1) is 10.1. The second-order valence-electron chi connectivity index (χ2n) is 4.58. The first-order valence-corrected chi connectivity index (χ1v) is 6.49. The third kappa shape index (κ3) is 3.72. The Morgan fingerprint density at radius 3 is 2.71 bits per heavy atom. The summed E-state index contributed by atoms with van der Waals surface area (Å²) < 4.78 is 10.2. The van der Waals surface area contributed by atoms with Crippen LogP contribution in [0.2, 0.25) is 0 Å². The minimum absolute atomic E-state index is 0.375. The van der Waals surface area contributed by atoms with Crippen LogP contribution >= 0.6 is 0 Å². The summed E-state index contributed by atoms with van der Waals surface area (Å²) in [4.78, 5) is 15.6. The number of carboxylic acid groups (broad SMARTS) is 1. The maximum Gasteiger partial charge on any atom is 0.311 e. The molecule has 0 saturated carbocycles. The molecule has 1 N–H and O–H groups in total. The molecule has 2 rings (SSSR count). The average Bonchev–Trinajstić information content (AvgIpc) is 2.52. The standard InChI is InChI=1S/C16H17NO4/c1-20-13-5-3-4-11(8-13)9-14(16(18)19)12-6-7-17-15(10-12)21-2/h3-8,10,14H,9H2,1-2H3,(H,18,19). The lowest BCUT2D eigenvalue weighted by Crippen LogP contribution is -2.14. The molecule has 110 valence electrons. The van der Waals surface area contributed by atoms with Gasteiger partial charge in [0.25, 0.3) is 0 Å². The van der Waals surface area contributed by atoms with Gasteiger partial charge < -0.3 is 14.6 Å². The third-order valence-corrected chi connectivity index (χ3v) is 3.24. The molecule has 1 heterocycles. The Hall–Kier alpha value is -2.56. The van der Waals surface area contributed by atoms with Gasteiger partial charge in [0.2, 0.25) is 5.88 Å². The van der Waals surface area contributed by atoms with E-state index >= 15 is 0 Å². The fourth-order valence-electron chi connectivity index (χ4n) is 2.14. The van der Waals surface area contributed by atoms with Gasteiger partial charge in [-0.1, -0.05) is 12.1 Å². The molecule has 5 nitrogen and oxygen atoms in total. The smallest absolute Gasteiger partial charge is 0.311 e. The van der Waals surface area contributed by atoms with Crippen molar-refractivity contribution in [2.75, 3.05) is 14.2 Å². The summed E-state index contributed by atoms with van der Waals surface area (Å²) in [5.41, 5.74) is 1.56. The molecule has 0 aliphatic rings. The summed E-state index contributed by atoms with van der Waals surface area (Å²) in [5.74, 6) is -0.423. The number of benzene rings is 1. The average molecular weight is 287 g/mol. The van der Waals surface area contributed by atoms with Crippen molar-refractivity contribution in [3.05, 3.63) is 53.7 Å². The minimum Gasteiger partial charge on any atom is -0.497 e. The van der Waals surface area contributed by atoms with Gasteiger partial charge in [-0.25, -0.2) is 4.98 Å². The molecule has 5 heteroatoms. The van der Waals surface area contributed by atoms with Crippen LogP contribution in [-0.2, 0) is 11.2 Å². The van der Waals surface area contributed by atoms with E-state index in [9.17, 15) is 9.90 Å². The van der Waals surface area contributed by atoms with Gasteiger partial charge in [-0.05, 0) is 35.7 Å². The highest BCUT2D eigenvalue weighted by Gasteiger charge is 2.21. The molecule has 21 heavy (non-hydrogen) atoms. The van der Waals surface area contributed by atoms with Gasteiger partial charge in [-0.2, -0.15) is 0 Å². The third-order valence-electron chi connectivity index (χ3n) is 3.24.